The van der Waals surface area contributed by atoms with Crippen LogP contribution >= 0.6 is 0 Å². The van der Waals surface area contributed by atoms with E-state index in [0.29, 0.717) is 16.9 Å². The zero-order chi connectivity index (χ0) is 12.2. The van der Waals surface area contributed by atoms with Crippen molar-refractivity contribution < 1.29 is 4.52 Å². The van der Waals surface area contributed by atoms with Crippen LogP contribution in [-0.2, 0) is 0 Å². The number of nitrogens with zero attached hydrogens (tertiary/aromatic N) is 2. The van der Waals surface area contributed by atoms with Gasteiger partial charge < -0.3 is 4.52 Å². The summed E-state index contributed by atoms with van der Waals surface area (Å²) in [6.45, 7) is 0. The molecule has 2 atom stereocenters. The Kier molecular flexibility index (Phi) is 2.12. The van der Waals surface area contributed by atoms with Crippen LogP contribution < -0.4 is 0 Å². The van der Waals surface area contributed by atoms with Crippen molar-refractivity contribution in [1.82, 2.24) is 5.16 Å². The summed E-state index contributed by atoms with van der Waals surface area (Å²) in [5, 5.41) is 12.9. The number of hydrogen-bond donors (Lipinski definition) is 0. The molecule has 0 amide bonds. The molecule has 0 radical (unpaired) electrons. The van der Waals surface area contributed by atoms with Crippen LogP contribution in [0.4, 0.5) is 0 Å². The van der Waals surface area contributed by atoms with E-state index < -0.39 is 0 Å². The van der Waals surface area contributed by atoms with Gasteiger partial charge >= 0.3 is 0 Å². The van der Waals surface area contributed by atoms with Gasteiger partial charge in [0.2, 0.25) is 0 Å². The molecule has 3 heteroatoms. The summed E-state index contributed by atoms with van der Waals surface area (Å²) < 4.78 is 5.33. The van der Waals surface area contributed by atoms with E-state index >= 15 is 0 Å². The highest BCUT2D eigenvalue weighted by Gasteiger charge is 2.57. The quantitative estimate of drug-likeness (QED) is 0.795. The standard InChI is InChI=1S/C15H18N2O/c16-8-11-9-17-18-14(11)12-7-13(12)15-4-1-10(2-5-15)3-6-15/h9-10,12-13H,1-7H2. The summed E-state index contributed by atoms with van der Waals surface area (Å²) in [5.41, 5.74) is 1.24. The first-order valence-electron chi connectivity index (χ1n) is 7.17. The van der Waals surface area contributed by atoms with E-state index in [2.05, 4.69) is 11.2 Å². The van der Waals surface area contributed by atoms with Gasteiger partial charge in [-0.2, -0.15) is 5.26 Å². The molecule has 1 heterocycles. The van der Waals surface area contributed by atoms with Gasteiger partial charge in [-0.15, -0.1) is 0 Å². The summed E-state index contributed by atoms with van der Waals surface area (Å²) in [5.74, 6) is 3.13. The number of aromatic nitrogens is 1. The maximum atomic E-state index is 9.06. The minimum atomic E-state index is 0.483. The van der Waals surface area contributed by atoms with Crippen LogP contribution in [0.3, 0.4) is 0 Å². The highest BCUT2D eigenvalue weighted by atomic mass is 16.5. The average molecular weight is 242 g/mol. The zero-order valence-corrected chi connectivity index (χ0v) is 10.6. The maximum absolute atomic E-state index is 9.06. The normalized spacial score (nSPS) is 41.6. The molecule has 4 saturated carbocycles. The Hall–Kier alpha value is -1.30. The maximum Gasteiger partial charge on any atom is 0.157 e. The molecule has 4 fully saturated rings. The fourth-order valence-corrected chi connectivity index (χ4v) is 4.60. The molecule has 2 unspecified atom stereocenters. The highest BCUT2D eigenvalue weighted by Crippen LogP contribution is 2.66. The molecule has 3 nitrogen and oxygen atoms in total. The fourth-order valence-electron chi connectivity index (χ4n) is 4.60. The second-order valence-corrected chi connectivity index (χ2v) is 6.51. The topological polar surface area (TPSA) is 49.8 Å². The van der Waals surface area contributed by atoms with Crippen LogP contribution in [0.15, 0.2) is 10.7 Å². The van der Waals surface area contributed by atoms with Gasteiger partial charge in [0.1, 0.15) is 11.6 Å². The van der Waals surface area contributed by atoms with Crippen LogP contribution in [0.5, 0.6) is 0 Å². The average Bonchev–Trinajstić information content (AvgIpc) is 3.12. The number of rotatable bonds is 2. The van der Waals surface area contributed by atoms with E-state index in [4.69, 9.17) is 9.78 Å². The number of nitriles is 1. The van der Waals surface area contributed by atoms with Gasteiger partial charge in [0.05, 0.1) is 6.20 Å². The molecule has 0 aliphatic heterocycles. The van der Waals surface area contributed by atoms with Crippen LogP contribution in [0, 0.1) is 28.6 Å². The molecule has 0 aromatic carbocycles. The lowest BCUT2D eigenvalue weighted by atomic mass is 9.58. The first kappa shape index (κ1) is 10.6. The zero-order valence-electron chi connectivity index (χ0n) is 10.6. The van der Waals surface area contributed by atoms with Crippen LogP contribution in [0.2, 0.25) is 0 Å². The van der Waals surface area contributed by atoms with Crippen LogP contribution in [0.1, 0.15) is 62.2 Å². The van der Waals surface area contributed by atoms with Crippen molar-refractivity contribution in [1.29, 1.82) is 5.26 Å². The molecule has 1 aromatic rings. The van der Waals surface area contributed by atoms with E-state index in [1.54, 1.807) is 6.20 Å². The fraction of sp³-hybridized carbons (Fsp3) is 0.733. The summed E-state index contributed by atoms with van der Waals surface area (Å²) in [4.78, 5) is 0. The molecule has 0 spiro atoms. The molecule has 4 aliphatic rings. The molecule has 0 saturated heterocycles. The SMILES string of the molecule is N#Cc1cnoc1C1CC1C12CCC(CC1)CC2. The van der Waals surface area contributed by atoms with E-state index in [-0.39, 0.29) is 0 Å². The second-order valence-electron chi connectivity index (χ2n) is 6.51. The minimum absolute atomic E-state index is 0.483. The first-order chi connectivity index (χ1) is 8.82. The van der Waals surface area contributed by atoms with Gasteiger partial charge in [-0.05, 0) is 62.2 Å². The summed E-state index contributed by atoms with van der Waals surface area (Å²) in [6.07, 6.45) is 11.3. The number of fused-ring (bicyclic) bond motifs is 3. The van der Waals surface area contributed by atoms with Crippen molar-refractivity contribution in [2.75, 3.05) is 0 Å². The molecule has 18 heavy (non-hydrogen) atoms. The Morgan fingerprint density at radius 2 is 2.00 bits per heavy atom. The first-order valence-corrected chi connectivity index (χ1v) is 7.17. The lowest BCUT2D eigenvalue weighted by Gasteiger charge is -2.47. The lowest BCUT2D eigenvalue weighted by molar-refractivity contribution is 0.0408. The summed E-state index contributed by atoms with van der Waals surface area (Å²) in [6, 6.07) is 2.20. The predicted octanol–water partition coefficient (Wildman–Crippen LogP) is 3.62. The molecule has 1 aromatic heterocycles. The minimum Gasteiger partial charge on any atom is -0.360 e. The molecule has 5 rings (SSSR count). The molecular weight excluding hydrogens is 224 g/mol. The lowest BCUT2D eigenvalue weighted by Crippen LogP contribution is -2.36. The van der Waals surface area contributed by atoms with Crippen LogP contribution in [0.25, 0.3) is 0 Å². The third-order valence-corrected chi connectivity index (χ3v) is 5.78. The predicted molar refractivity (Wildman–Crippen MR) is 65.7 cm³/mol. The third kappa shape index (κ3) is 1.38. The smallest absolute Gasteiger partial charge is 0.157 e. The van der Waals surface area contributed by atoms with Gasteiger partial charge in [-0.25, -0.2) is 0 Å². The molecular formula is C15H18N2O. The van der Waals surface area contributed by atoms with E-state index in [9.17, 15) is 0 Å². The van der Waals surface area contributed by atoms with Crippen molar-refractivity contribution in [3.05, 3.63) is 17.5 Å². The Morgan fingerprint density at radius 1 is 1.28 bits per heavy atom. The molecule has 94 valence electrons. The summed E-state index contributed by atoms with van der Waals surface area (Å²) >= 11 is 0. The van der Waals surface area contributed by atoms with Crippen molar-refractivity contribution in [3.8, 4) is 6.07 Å². The Bertz CT molecular complexity index is 491. The third-order valence-electron chi connectivity index (χ3n) is 5.78. The Morgan fingerprint density at radius 3 is 2.67 bits per heavy atom. The highest BCUT2D eigenvalue weighted by molar-refractivity contribution is 5.35. The van der Waals surface area contributed by atoms with Gasteiger partial charge in [0, 0.05) is 5.92 Å². The second kappa shape index (κ2) is 3.60. The van der Waals surface area contributed by atoms with E-state index in [0.717, 1.165) is 17.6 Å². The molecule has 4 aliphatic carbocycles. The van der Waals surface area contributed by atoms with Crippen molar-refractivity contribution in [2.45, 2.75) is 50.9 Å². The Labute approximate surface area is 107 Å². The number of hydrogen-bond acceptors (Lipinski definition) is 3. The largest absolute Gasteiger partial charge is 0.360 e. The molecule has 2 bridgehead atoms. The van der Waals surface area contributed by atoms with Gasteiger partial charge in [0.25, 0.3) is 0 Å². The van der Waals surface area contributed by atoms with Crippen molar-refractivity contribution >= 4 is 0 Å². The van der Waals surface area contributed by atoms with Crippen molar-refractivity contribution in [2.24, 2.45) is 17.3 Å². The Balaban J connectivity index is 1.57. The van der Waals surface area contributed by atoms with Gasteiger partial charge in [0.15, 0.2) is 5.76 Å². The van der Waals surface area contributed by atoms with Crippen molar-refractivity contribution in [3.63, 3.8) is 0 Å². The van der Waals surface area contributed by atoms with Gasteiger partial charge in [-0.3, -0.25) is 0 Å². The van der Waals surface area contributed by atoms with Crippen LogP contribution in [-0.4, -0.2) is 5.16 Å². The van der Waals surface area contributed by atoms with E-state index in [1.807, 2.05) is 0 Å². The van der Waals surface area contributed by atoms with Gasteiger partial charge in [-0.1, -0.05) is 5.16 Å². The van der Waals surface area contributed by atoms with E-state index in [1.165, 1.54) is 44.9 Å². The molecule has 0 N–H and O–H groups in total. The monoisotopic (exact) mass is 242 g/mol. The summed E-state index contributed by atoms with van der Waals surface area (Å²) in [7, 11) is 0.